The monoisotopic (exact) mass is 286 g/mol. The van der Waals surface area contributed by atoms with Crippen molar-refractivity contribution in [2.45, 2.75) is 13.0 Å². The number of nitrogens with one attached hydrogen (secondary N) is 1. The molecule has 1 aromatic heterocycles. The highest BCUT2D eigenvalue weighted by molar-refractivity contribution is 9.10. The van der Waals surface area contributed by atoms with Crippen LogP contribution in [0.2, 0.25) is 0 Å². The number of pyridine rings is 1. The Balaban J connectivity index is 2.88. The number of halogens is 1. The predicted molar refractivity (Wildman–Crippen MR) is 62.5 cm³/mol. The van der Waals surface area contributed by atoms with Gasteiger partial charge in [0.2, 0.25) is 5.91 Å². The molecule has 7 heteroatoms. The number of amides is 2. The number of carbonyl (C=O) groups is 2. The molecular formula is C9H11BrN4O2. The van der Waals surface area contributed by atoms with E-state index in [0.29, 0.717) is 4.47 Å². The van der Waals surface area contributed by atoms with Gasteiger partial charge < -0.3 is 16.8 Å². The maximum atomic E-state index is 11.7. The van der Waals surface area contributed by atoms with E-state index in [0.717, 1.165) is 0 Å². The molecule has 1 aromatic rings. The third-order valence-corrected chi connectivity index (χ3v) is 2.34. The normalized spacial score (nSPS) is 11.9. The topological polar surface area (TPSA) is 111 Å². The lowest BCUT2D eigenvalue weighted by molar-refractivity contribution is -0.119. The Labute approximate surface area is 101 Å². The molecule has 0 bridgehead atoms. The van der Waals surface area contributed by atoms with Gasteiger partial charge in [0.15, 0.2) is 0 Å². The smallest absolute Gasteiger partial charge is 0.255 e. The number of hydrogen-bond acceptors (Lipinski definition) is 4. The minimum absolute atomic E-state index is 0.0948. The summed E-state index contributed by atoms with van der Waals surface area (Å²) in [4.78, 5) is 26.2. The lowest BCUT2D eigenvalue weighted by Crippen LogP contribution is -2.42. The van der Waals surface area contributed by atoms with Crippen molar-refractivity contribution in [1.82, 2.24) is 10.3 Å². The molecule has 0 aliphatic heterocycles. The van der Waals surface area contributed by atoms with Gasteiger partial charge in [-0.2, -0.15) is 0 Å². The van der Waals surface area contributed by atoms with Crippen molar-refractivity contribution >= 4 is 33.6 Å². The number of hydrogen-bond donors (Lipinski definition) is 3. The Morgan fingerprint density at radius 1 is 1.56 bits per heavy atom. The van der Waals surface area contributed by atoms with Gasteiger partial charge in [-0.15, -0.1) is 0 Å². The van der Waals surface area contributed by atoms with Gasteiger partial charge in [0.1, 0.15) is 11.9 Å². The second-order valence-corrected chi connectivity index (χ2v) is 4.10. The number of nitrogens with zero attached hydrogens (tertiary/aromatic N) is 1. The first-order chi connectivity index (χ1) is 7.41. The lowest BCUT2D eigenvalue weighted by atomic mass is 10.2. The lowest BCUT2D eigenvalue weighted by Gasteiger charge is -2.11. The molecule has 1 unspecified atom stereocenters. The molecule has 0 radical (unpaired) electrons. The Bertz CT molecular complexity index is 436. The van der Waals surface area contributed by atoms with Crippen LogP contribution < -0.4 is 16.8 Å². The molecule has 86 valence electrons. The average molecular weight is 287 g/mol. The first kappa shape index (κ1) is 12.4. The van der Waals surface area contributed by atoms with E-state index in [2.05, 4.69) is 26.2 Å². The summed E-state index contributed by atoms with van der Waals surface area (Å²) in [6.07, 6.45) is 1.48. The molecule has 2 amide bonds. The van der Waals surface area contributed by atoms with Crippen LogP contribution in [0.4, 0.5) is 5.82 Å². The summed E-state index contributed by atoms with van der Waals surface area (Å²) in [7, 11) is 0. The van der Waals surface area contributed by atoms with E-state index in [1.54, 1.807) is 0 Å². The summed E-state index contributed by atoms with van der Waals surface area (Å²) < 4.78 is 0.624. The molecule has 0 saturated heterocycles. The molecule has 0 fully saturated rings. The maximum absolute atomic E-state index is 11.7. The molecule has 0 aliphatic carbocycles. The van der Waals surface area contributed by atoms with Crippen LogP contribution in [0.3, 0.4) is 0 Å². The van der Waals surface area contributed by atoms with Crippen molar-refractivity contribution in [3.63, 3.8) is 0 Å². The van der Waals surface area contributed by atoms with E-state index >= 15 is 0 Å². The van der Waals surface area contributed by atoms with Crippen molar-refractivity contribution in [2.75, 3.05) is 5.73 Å². The highest BCUT2D eigenvalue weighted by Gasteiger charge is 2.16. The first-order valence-corrected chi connectivity index (χ1v) is 5.22. The van der Waals surface area contributed by atoms with Crippen molar-refractivity contribution in [2.24, 2.45) is 5.73 Å². The number of nitrogens with two attached hydrogens (primary N) is 2. The molecule has 1 rings (SSSR count). The Morgan fingerprint density at radius 3 is 2.75 bits per heavy atom. The minimum Gasteiger partial charge on any atom is -0.383 e. The van der Waals surface area contributed by atoms with Crippen molar-refractivity contribution in [3.8, 4) is 0 Å². The molecule has 0 saturated carbocycles. The van der Waals surface area contributed by atoms with Gasteiger partial charge in [-0.3, -0.25) is 9.59 Å². The number of rotatable bonds is 3. The molecule has 0 spiro atoms. The van der Waals surface area contributed by atoms with Crippen LogP contribution in [-0.4, -0.2) is 22.8 Å². The number of primary amides is 1. The van der Waals surface area contributed by atoms with Crippen LogP contribution in [0.15, 0.2) is 16.7 Å². The fourth-order valence-corrected chi connectivity index (χ4v) is 1.31. The molecule has 0 aliphatic rings. The average Bonchev–Trinajstić information content (AvgIpc) is 2.21. The van der Waals surface area contributed by atoms with E-state index in [1.165, 1.54) is 19.2 Å². The number of aromatic nitrogens is 1. The Kier molecular flexibility index (Phi) is 3.83. The zero-order chi connectivity index (χ0) is 12.3. The fourth-order valence-electron chi connectivity index (χ4n) is 0.977. The number of anilines is 1. The minimum atomic E-state index is -0.758. The number of nitrogen functional groups attached to an aromatic ring is 1. The second-order valence-electron chi connectivity index (χ2n) is 3.18. The van der Waals surface area contributed by atoms with Gasteiger partial charge in [-0.25, -0.2) is 4.98 Å². The van der Waals surface area contributed by atoms with Crippen molar-refractivity contribution in [1.29, 1.82) is 0 Å². The standard InChI is InChI=1S/C9H11BrN4O2/c1-4(8(12)15)14-9(16)6-2-5(10)3-13-7(6)11/h2-4H,1H3,(H2,11,13)(H2,12,15)(H,14,16). The second kappa shape index (κ2) is 4.93. The highest BCUT2D eigenvalue weighted by atomic mass is 79.9. The van der Waals surface area contributed by atoms with Crippen LogP contribution in [0.5, 0.6) is 0 Å². The zero-order valence-corrected chi connectivity index (χ0v) is 10.1. The van der Waals surface area contributed by atoms with Gasteiger partial charge >= 0.3 is 0 Å². The first-order valence-electron chi connectivity index (χ1n) is 4.43. The van der Waals surface area contributed by atoms with Crippen LogP contribution >= 0.6 is 15.9 Å². The predicted octanol–water partition coefficient (Wildman–Crippen LogP) is 0.0299. The summed E-state index contributed by atoms with van der Waals surface area (Å²) in [5.74, 6) is -1.01. The van der Waals surface area contributed by atoms with Crippen LogP contribution in [-0.2, 0) is 4.79 Å². The molecule has 16 heavy (non-hydrogen) atoms. The molecule has 1 heterocycles. The summed E-state index contributed by atoms with van der Waals surface area (Å²) in [6, 6.07) is 0.761. The van der Waals surface area contributed by atoms with E-state index < -0.39 is 17.9 Å². The van der Waals surface area contributed by atoms with Crippen molar-refractivity contribution in [3.05, 3.63) is 22.3 Å². The Morgan fingerprint density at radius 2 is 2.19 bits per heavy atom. The molecule has 0 aromatic carbocycles. The Hall–Kier alpha value is -1.63. The summed E-state index contributed by atoms with van der Waals surface area (Å²) >= 11 is 3.17. The summed E-state index contributed by atoms with van der Waals surface area (Å²) in [5, 5.41) is 2.41. The van der Waals surface area contributed by atoms with E-state index in [1.807, 2.05) is 0 Å². The molecule has 1 atom stereocenters. The fraction of sp³-hybridized carbons (Fsp3) is 0.222. The quantitative estimate of drug-likeness (QED) is 0.728. The zero-order valence-electron chi connectivity index (χ0n) is 8.53. The SMILES string of the molecule is CC(NC(=O)c1cc(Br)cnc1N)C(N)=O. The summed E-state index contributed by atoms with van der Waals surface area (Å²) in [5.41, 5.74) is 10.8. The maximum Gasteiger partial charge on any atom is 0.255 e. The van der Waals surface area contributed by atoms with Crippen LogP contribution in [0.1, 0.15) is 17.3 Å². The highest BCUT2D eigenvalue weighted by Crippen LogP contribution is 2.15. The van der Waals surface area contributed by atoms with Gasteiger partial charge in [0.25, 0.3) is 5.91 Å². The van der Waals surface area contributed by atoms with Crippen LogP contribution in [0, 0.1) is 0 Å². The van der Waals surface area contributed by atoms with E-state index in [-0.39, 0.29) is 11.4 Å². The molecular weight excluding hydrogens is 276 g/mol. The number of carbonyl (C=O) groups excluding carboxylic acids is 2. The van der Waals surface area contributed by atoms with Gasteiger partial charge in [-0.1, -0.05) is 0 Å². The molecule has 6 nitrogen and oxygen atoms in total. The van der Waals surface area contributed by atoms with Crippen molar-refractivity contribution < 1.29 is 9.59 Å². The molecule has 5 N–H and O–H groups in total. The van der Waals surface area contributed by atoms with E-state index in [4.69, 9.17) is 11.5 Å². The third-order valence-electron chi connectivity index (χ3n) is 1.90. The van der Waals surface area contributed by atoms with Gasteiger partial charge in [-0.05, 0) is 28.9 Å². The van der Waals surface area contributed by atoms with E-state index in [9.17, 15) is 9.59 Å². The summed E-state index contributed by atoms with van der Waals surface area (Å²) in [6.45, 7) is 1.49. The van der Waals surface area contributed by atoms with Crippen LogP contribution in [0.25, 0.3) is 0 Å². The third kappa shape index (κ3) is 2.93. The van der Waals surface area contributed by atoms with Gasteiger partial charge in [0, 0.05) is 10.7 Å². The largest absolute Gasteiger partial charge is 0.383 e. The van der Waals surface area contributed by atoms with Gasteiger partial charge in [0.05, 0.1) is 5.56 Å².